The van der Waals surface area contributed by atoms with Crippen molar-refractivity contribution in [3.8, 4) is 0 Å². The van der Waals surface area contributed by atoms with Crippen LogP contribution in [0.4, 0.5) is 5.69 Å². The molecule has 3 aliphatic rings. The smallest absolute Gasteiger partial charge is 0.250 e. The van der Waals surface area contributed by atoms with Gasteiger partial charge < -0.3 is 5.32 Å². The number of unbranched alkanes of at least 4 members (excludes halogenated alkanes) is 1. The van der Waals surface area contributed by atoms with Crippen molar-refractivity contribution in [2.24, 2.45) is 17.8 Å². The van der Waals surface area contributed by atoms with E-state index in [1.54, 1.807) is 12.1 Å². The summed E-state index contributed by atoms with van der Waals surface area (Å²) < 4.78 is 0. The van der Waals surface area contributed by atoms with Crippen LogP contribution in [0.2, 0.25) is 5.02 Å². The van der Waals surface area contributed by atoms with Gasteiger partial charge in [-0.1, -0.05) is 50.9 Å². The fraction of sp³-hybridized carbons (Fsp3) is 0.550. The van der Waals surface area contributed by atoms with Crippen LogP contribution in [0.15, 0.2) is 18.2 Å². The van der Waals surface area contributed by atoms with Gasteiger partial charge >= 0.3 is 0 Å². The predicted octanol–water partition coefficient (Wildman–Crippen LogP) is 2.52. The molecule has 0 bridgehead atoms. The lowest BCUT2D eigenvalue weighted by Gasteiger charge is -2.30. The number of hydrogen-bond donors (Lipinski definition) is 2. The largest absolute Gasteiger partial charge is 0.323 e. The maximum Gasteiger partial charge on any atom is 0.250 e. The van der Waals surface area contributed by atoms with Gasteiger partial charge in [-0.25, -0.2) is 0 Å². The lowest BCUT2D eigenvalue weighted by molar-refractivity contribution is -0.143. The van der Waals surface area contributed by atoms with Gasteiger partial charge in [0.05, 0.1) is 22.5 Å². The molecule has 0 aliphatic carbocycles. The van der Waals surface area contributed by atoms with Gasteiger partial charge in [-0.05, 0) is 18.4 Å². The summed E-state index contributed by atoms with van der Waals surface area (Å²) in [7, 11) is 0. The van der Waals surface area contributed by atoms with Crippen molar-refractivity contribution < 1.29 is 14.4 Å². The van der Waals surface area contributed by atoms with Crippen LogP contribution in [0, 0.1) is 17.8 Å². The molecule has 2 N–H and O–H groups in total. The third-order valence-electron chi connectivity index (χ3n) is 6.18. The summed E-state index contributed by atoms with van der Waals surface area (Å²) in [5.41, 5.74) is -0.0446. The number of nitrogens with one attached hydrogen (secondary N) is 2. The molecule has 3 amide bonds. The first-order valence-corrected chi connectivity index (χ1v) is 9.95. The Balaban J connectivity index is 1.87. The van der Waals surface area contributed by atoms with Crippen molar-refractivity contribution in [2.75, 3.05) is 11.9 Å². The zero-order valence-corrected chi connectivity index (χ0v) is 16.5. The van der Waals surface area contributed by atoms with Crippen LogP contribution in [0.25, 0.3) is 0 Å². The molecule has 7 heteroatoms. The highest BCUT2D eigenvalue weighted by Gasteiger charge is 2.70. The molecule has 1 aromatic carbocycles. The minimum absolute atomic E-state index is 0.0933. The molecule has 0 radical (unpaired) electrons. The van der Waals surface area contributed by atoms with Crippen LogP contribution < -0.4 is 10.6 Å². The van der Waals surface area contributed by atoms with Gasteiger partial charge in [0.1, 0.15) is 5.54 Å². The highest BCUT2D eigenvalue weighted by molar-refractivity contribution is 6.35. The molecule has 0 aromatic heterocycles. The Bertz CT molecular complexity index is 840. The molecular formula is C20H24ClN3O3. The number of carbonyl (C=O) groups is 3. The van der Waals surface area contributed by atoms with E-state index in [2.05, 4.69) is 10.6 Å². The molecule has 6 nitrogen and oxygen atoms in total. The number of likely N-dealkylation sites (tertiary alicyclic amines) is 1. The number of imide groups is 1. The maximum absolute atomic E-state index is 13.3. The summed E-state index contributed by atoms with van der Waals surface area (Å²) >= 11 is 6.30. The number of hydrogen-bond acceptors (Lipinski definition) is 4. The molecule has 3 heterocycles. The second-order valence-electron chi connectivity index (χ2n) is 8.02. The van der Waals surface area contributed by atoms with Crippen molar-refractivity contribution >= 4 is 35.0 Å². The van der Waals surface area contributed by atoms with Crippen LogP contribution in [0.5, 0.6) is 0 Å². The summed E-state index contributed by atoms with van der Waals surface area (Å²) in [6, 6.07) is 5.05. The van der Waals surface area contributed by atoms with Gasteiger partial charge in [0, 0.05) is 18.2 Å². The normalized spacial score (nSPS) is 31.8. The lowest BCUT2D eigenvalue weighted by Crippen LogP contribution is -2.54. The van der Waals surface area contributed by atoms with Gasteiger partial charge in [-0.3, -0.25) is 24.6 Å². The number of carbonyl (C=O) groups excluding carboxylic acids is 3. The molecule has 2 fully saturated rings. The summed E-state index contributed by atoms with van der Waals surface area (Å²) in [6.07, 6.45) is 1.65. The summed E-state index contributed by atoms with van der Waals surface area (Å²) in [6.45, 7) is 6.44. The van der Waals surface area contributed by atoms with Crippen molar-refractivity contribution in [2.45, 2.75) is 45.2 Å². The fourth-order valence-electron chi connectivity index (χ4n) is 4.89. The molecule has 0 unspecified atom stereocenters. The molecule has 144 valence electrons. The molecule has 1 aromatic rings. The number of benzene rings is 1. The third kappa shape index (κ3) is 2.32. The molecular weight excluding hydrogens is 366 g/mol. The number of amides is 3. The van der Waals surface area contributed by atoms with Crippen molar-refractivity contribution in [1.29, 1.82) is 0 Å². The van der Waals surface area contributed by atoms with Crippen molar-refractivity contribution in [1.82, 2.24) is 10.2 Å². The first-order valence-electron chi connectivity index (χ1n) is 9.58. The van der Waals surface area contributed by atoms with E-state index in [-0.39, 0.29) is 29.7 Å². The number of halogens is 1. The summed E-state index contributed by atoms with van der Waals surface area (Å²) in [5, 5.41) is 6.68. The van der Waals surface area contributed by atoms with Crippen LogP contribution in [-0.2, 0) is 19.9 Å². The molecule has 3 aliphatic heterocycles. The van der Waals surface area contributed by atoms with Gasteiger partial charge in [-0.15, -0.1) is 0 Å². The third-order valence-corrected chi connectivity index (χ3v) is 6.49. The van der Waals surface area contributed by atoms with E-state index < -0.39 is 17.4 Å². The standard InChI is InChI=1S/C20H24ClN3O3/c1-4-5-9-24-17(25)13-14(18(24)26)20(23-15(13)10(2)3)11-7-6-8-12(21)16(11)22-19(20)27/h6-8,10,13-15,23H,4-5,9H2,1-3H3,(H,22,27)/t13-,14-,15-,20-/m0/s1. The topological polar surface area (TPSA) is 78.5 Å². The highest BCUT2D eigenvalue weighted by atomic mass is 35.5. The van der Waals surface area contributed by atoms with E-state index in [0.29, 0.717) is 22.8 Å². The van der Waals surface area contributed by atoms with Crippen LogP contribution in [0.1, 0.15) is 39.2 Å². The zero-order chi connectivity index (χ0) is 19.5. The number of rotatable bonds is 4. The number of para-hydroxylation sites is 1. The van der Waals surface area contributed by atoms with E-state index in [0.717, 1.165) is 12.8 Å². The maximum atomic E-state index is 13.3. The molecule has 0 saturated carbocycles. The van der Waals surface area contributed by atoms with Gasteiger partial charge in [-0.2, -0.15) is 0 Å². The summed E-state index contributed by atoms with van der Waals surface area (Å²) in [4.78, 5) is 41.0. The fourth-order valence-corrected chi connectivity index (χ4v) is 5.12. The van der Waals surface area contributed by atoms with E-state index in [4.69, 9.17) is 11.6 Å². The van der Waals surface area contributed by atoms with E-state index in [1.165, 1.54) is 4.90 Å². The van der Waals surface area contributed by atoms with E-state index >= 15 is 0 Å². The summed E-state index contributed by atoms with van der Waals surface area (Å²) in [5.74, 6) is -1.90. The Morgan fingerprint density at radius 3 is 2.63 bits per heavy atom. The minimum atomic E-state index is -1.24. The SMILES string of the molecule is CCCCN1C(=O)[C@H]2[C@@H](C1=O)[C@]1(N[C@H]2C(C)C)C(=O)Nc2c(Cl)cccc21. The van der Waals surface area contributed by atoms with Gasteiger partial charge in [0.2, 0.25) is 17.7 Å². The number of anilines is 1. The molecule has 4 rings (SSSR count). The quantitative estimate of drug-likeness (QED) is 0.775. The Morgan fingerprint density at radius 2 is 1.96 bits per heavy atom. The predicted molar refractivity (Wildman–Crippen MR) is 102 cm³/mol. The second-order valence-corrected chi connectivity index (χ2v) is 8.43. The highest BCUT2D eigenvalue weighted by Crippen LogP contribution is 2.54. The molecule has 2 saturated heterocycles. The average Bonchev–Trinajstić information content (AvgIpc) is 3.21. The van der Waals surface area contributed by atoms with Crippen molar-refractivity contribution in [3.63, 3.8) is 0 Å². The second kappa shape index (κ2) is 6.31. The van der Waals surface area contributed by atoms with Crippen LogP contribution in [-0.4, -0.2) is 35.2 Å². The van der Waals surface area contributed by atoms with Crippen LogP contribution >= 0.6 is 11.6 Å². The Kier molecular flexibility index (Phi) is 4.31. The molecule has 27 heavy (non-hydrogen) atoms. The van der Waals surface area contributed by atoms with E-state index in [9.17, 15) is 14.4 Å². The number of nitrogens with zero attached hydrogens (tertiary/aromatic N) is 1. The Labute approximate surface area is 163 Å². The average molecular weight is 390 g/mol. The van der Waals surface area contributed by atoms with Gasteiger partial charge in [0.15, 0.2) is 0 Å². The van der Waals surface area contributed by atoms with E-state index in [1.807, 2.05) is 26.8 Å². The monoisotopic (exact) mass is 389 g/mol. The van der Waals surface area contributed by atoms with Crippen LogP contribution in [0.3, 0.4) is 0 Å². The minimum Gasteiger partial charge on any atom is -0.323 e. The first kappa shape index (κ1) is 18.4. The zero-order valence-electron chi connectivity index (χ0n) is 15.7. The number of fused-ring (bicyclic) bond motifs is 4. The van der Waals surface area contributed by atoms with Crippen molar-refractivity contribution in [3.05, 3.63) is 28.8 Å². The first-order chi connectivity index (χ1) is 12.8. The van der Waals surface area contributed by atoms with Gasteiger partial charge in [0.25, 0.3) is 0 Å². The lowest BCUT2D eigenvalue weighted by atomic mass is 9.76. The Hall–Kier alpha value is -1.92. The molecule has 1 spiro atoms. The molecule has 4 atom stereocenters. The Morgan fingerprint density at radius 1 is 1.22 bits per heavy atom.